The van der Waals surface area contributed by atoms with Gasteiger partial charge in [0.05, 0.1) is 0 Å². The second-order valence-electron chi connectivity index (χ2n) is 4.57. The Labute approximate surface area is 94.5 Å². The number of hydrogen-bond donors (Lipinski definition) is 1. The zero-order chi connectivity index (χ0) is 10.9. The van der Waals surface area contributed by atoms with Crippen molar-refractivity contribution in [3.63, 3.8) is 0 Å². The van der Waals surface area contributed by atoms with Crippen LogP contribution in [0.15, 0.2) is 12.3 Å². The highest BCUT2D eigenvalue weighted by atomic mass is 15.1. The lowest BCUT2D eigenvalue weighted by Gasteiger charge is -2.24. The number of unbranched alkanes of at least 4 members (excludes halogenated alkanes) is 3. The summed E-state index contributed by atoms with van der Waals surface area (Å²) in [5.74, 6) is 0. The lowest BCUT2D eigenvalue weighted by molar-refractivity contribution is 0.335. The largest absolute Gasteiger partial charge is 0.375 e. The van der Waals surface area contributed by atoms with Gasteiger partial charge in [-0.1, -0.05) is 25.8 Å². The number of likely N-dealkylation sites (tertiary alicyclic amines) is 1. The van der Waals surface area contributed by atoms with Crippen molar-refractivity contribution >= 4 is 0 Å². The molecule has 0 aromatic carbocycles. The summed E-state index contributed by atoms with van der Waals surface area (Å²) in [5, 5.41) is 0. The zero-order valence-corrected chi connectivity index (χ0v) is 10.0. The standard InChI is InChI=1S/C13H26N2/c1-13-9-5-4-8-12-15(13)11-7-3-2-6-10-14/h1-12,14H2. The first-order valence-electron chi connectivity index (χ1n) is 6.47. The first-order chi connectivity index (χ1) is 7.34. The topological polar surface area (TPSA) is 29.3 Å². The van der Waals surface area contributed by atoms with E-state index in [1.165, 1.54) is 70.2 Å². The molecule has 0 aromatic heterocycles. The quantitative estimate of drug-likeness (QED) is 0.683. The average molecular weight is 210 g/mol. The third kappa shape index (κ3) is 5.22. The fourth-order valence-corrected chi connectivity index (χ4v) is 2.20. The van der Waals surface area contributed by atoms with Gasteiger partial charge in [0.25, 0.3) is 0 Å². The zero-order valence-electron chi connectivity index (χ0n) is 10.0. The molecular weight excluding hydrogens is 184 g/mol. The molecule has 0 atom stereocenters. The highest BCUT2D eigenvalue weighted by molar-refractivity contribution is 4.95. The summed E-state index contributed by atoms with van der Waals surface area (Å²) in [6.45, 7) is 7.46. The summed E-state index contributed by atoms with van der Waals surface area (Å²) in [5.41, 5.74) is 6.84. The van der Waals surface area contributed by atoms with E-state index in [1.54, 1.807) is 0 Å². The van der Waals surface area contributed by atoms with Crippen LogP contribution in [0.25, 0.3) is 0 Å². The van der Waals surface area contributed by atoms with E-state index in [1.807, 2.05) is 0 Å². The molecule has 0 aromatic rings. The van der Waals surface area contributed by atoms with E-state index < -0.39 is 0 Å². The molecule has 2 nitrogen and oxygen atoms in total. The van der Waals surface area contributed by atoms with Gasteiger partial charge in [-0.25, -0.2) is 0 Å². The van der Waals surface area contributed by atoms with E-state index in [0.717, 1.165) is 6.54 Å². The third-order valence-electron chi connectivity index (χ3n) is 3.22. The molecule has 2 N–H and O–H groups in total. The first-order valence-corrected chi connectivity index (χ1v) is 6.47. The minimum absolute atomic E-state index is 0.844. The molecule has 0 saturated carbocycles. The molecule has 1 aliphatic heterocycles. The van der Waals surface area contributed by atoms with Gasteiger partial charge in [-0.15, -0.1) is 0 Å². The van der Waals surface area contributed by atoms with E-state index in [0.29, 0.717) is 0 Å². The summed E-state index contributed by atoms with van der Waals surface area (Å²) >= 11 is 0. The Bertz CT molecular complexity index is 177. The maximum atomic E-state index is 5.47. The number of nitrogens with two attached hydrogens (primary N) is 1. The minimum atomic E-state index is 0.844. The van der Waals surface area contributed by atoms with E-state index in [4.69, 9.17) is 5.73 Å². The van der Waals surface area contributed by atoms with Gasteiger partial charge in [-0.05, 0) is 38.6 Å². The van der Waals surface area contributed by atoms with Gasteiger partial charge >= 0.3 is 0 Å². The first kappa shape index (κ1) is 12.6. The van der Waals surface area contributed by atoms with Gasteiger partial charge in [0.1, 0.15) is 0 Å². The Morgan fingerprint density at radius 1 is 1.07 bits per heavy atom. The van der Waals surface area contributed by atoms with Crippen LogP contribution in [-0.2, 0) is 0 Å². The van der Waals surface area contributed by atoms with Gasteiger partial charge in [-0.2, -0.15) is 0 Å². The molecule has 0 amide bonds. The molecule has 1 aliphatic rings. The highest BCUT2D eigenvalue weighted by Crippen LogP contribution is 2.18. The Morgan fingerprint density at radius 3 is 2.67 bits per heavy atom. The predicted molar refractivity (Wildman–Crippen MR) is 66.7 cm³/mol. The van der Waals surface area contributed by atoms with Crippen LogP contribution in [0.3, 0.4) is 0 Å². The van der Waals surface area contributed by atoms with Gasteiger partial charge < -0.3 is 10.6 Å². The van der Waals surface area contributed by atoms with Crippen LogP contribution in [0, 0.1) is 0 Å². The van der Waals surface area contributed by atoms with Crippen LogP contribution >= 0.6 is 0 Å². The highest BCUT2D eigenvalue weighted by Gasteiger charge is 2.10. The van der Waals surface area contributed by atoms with Crippen molar-refractivity contribution in [2.45, 2.75) is 51.4 Å². The molecule has 0 bridgehead atoms. The van der Waals surface area contributed by atoms with Gasteiger partial charge in [0, 0.05) is 18.8 Å². The fraction of sp³-hybridized carbons (Fsp3) is 0.846. The lowest BCUT2D eigenvalue weighted by atomic mass is 10.2. The number of nitrogens with zero attached hydrogens (tertiary/aromatic N) is 1. The van der Waals surface area contributed by atoms with Gasteiger partial charge in [0.15, 0.2) is 0 Å². The second-order valence-corrected chi connectivity index (χ2v) is 4.57. The third-order valence-corrected chi connectivity index (χ3v) is 3.22. The van der Waals surface area contributed by atoms with E-state index in [2.05, 4.69) is 11.5 Å². The fourth-order valence-electron chi connectivity index (χ4n) is 2.20. The Kier molecular flexibility index (Phi) is 6.49. The summed E-state index contributed by atoms with van der Waals surface area (Å²) in [7, 11) is 0. The second kappa shape index (κ2) is 7.75. The average Bonchev–Trinajstić information content (AvgIpc) is 2.44. The molecule has 1 rings (SSSR count). The van der Waals surface area contributed by atoms with Gasteiger partial charge in [-0.3, -0.25) is 0 Å². The van der Waals surface area contributed by atoms with Crippen LogP contribution in [0.2, 0.25) is 0 Å². The van der Waals surface area contributed by atoms with Crippen molar-refractivity contribution in [1.29, 1.82) is 0 Å². The van der Waals surface area contributed by atoms with Crippen LogP contribution in [-0.4, -0.2) is 24.5 Å². The van der Waals surface area contributed by atoms with Crippen molar-refractivity contribution in [3.8, 4) is 0 Å². The van der Waals surface area contributed by atoms with E-state index in [-0.39, 0.29) is 0 Å². The van der Waals surface area contributed by atoms with E-state index in [9.17, 15) is 0 Å². The molecule has 2 heteroatoms. The van der Waals surface area contributed by atoms with E-state index >= 15 is 0 Å². The van der Waals surface area contributed by atoms with Gasteiger partial charge in [0.2, 0.25) is 0 Å². The van der Waals surface area contributed by atoms with Crippen LogP contribution < -0.4 is 5.73 Å². The molecule has 1 saturated heterocycles. The molecule has 0 radical (unpaired) electrons. The molecule has 0 spiro atoms. The summed E-state index contributed by atoms with van der Waals surface area (Å²) < 4.78 is 0. The summed E-state index contributed by atoms with van der Waals surface area (Å²) in [6, 6.07) is 0. The monoisotopic (exact) mass is 210 g/mol. The number of hydrogen-bond acceptors (Lipinski definition) is 2. The molecule has 1 fully saturated rings. The van der Waals surface area contributed by atoms with Crippen molar-refractivity contribution in [2.24, 2.45) is 5.73 Å². The smallest absolute Gasteiger partial charge is 0.0174 e. The summed E-state index contributed by atoms with van der Waals surface area (Å²) in [6.07, 6.45) is 10.4. The van der Waals surface area contributed by atoms with Crippen molar-refractivity contribution < 1.29 is 0 Å². The molecule has 15 heavy (non-hydrogen) atoms. The minimum Gasteiger partial charge on any atom is -0.375 e. The van der Waals surface area contributed by atoms with Crippen LogP contribution in [0.4, 0.5) is 0 Å². The number of allylic oxidation sites excluding steroid dienone is 1. The molecular formula is C13H26N2. The SMILES string of the molecule is C=C1CCCCCN1CCCCCCN. The molecule has 0 aliphatic carbocycles. The van der Waals surface area contributed by atoms with Crippen LogP contribution in [0.5, 0.6) is 0 Å². The molecule has 88 valence electrons. The molecule has 0 unspecified atom stereocenters. The maximum absolute atomic E-state index is 5.47. The lowest BCUT2D eigenvalue weighted by Crippen LogP contribution is -2.23. The Hall–Kier alpha value is -0.500. The Balaban J connectivity index is 2.10. The molecule has 1 heterocycles. The van der Waals surface area contributed by atoms with Crippen molar-refractivity contribution in [1.82, 2.24) is 4.90 Å². The Morgan fingerprint density at radius 2 is 1.87 bits per heavy atom. The summed E-state index contributed by atoms with van der Waals surface area (Å²) in [4.78, 5) is 2.50. The van der Waals surface area contributed by atoms with Crippen molar-refractivity contribution in [3.05, 3.63) is 12.3 Å². The van der Waals surface area contributed by atoms with Crippen LogP contribution in [0.1, 0.15) is 51.4 Å². The maximum Gasteiger partial charge on any atom is 0.0174 e. The predicted octanol–water partition coefficient (Wildman–Crippen LogP) is 2.90. The van der Waals surface area contributed by atoms with Crippen molar-refractivity contribution in [2.75, 3.05) is 19.6 Å². The normalized spacial score (nSPS) is 17.9. The number of rotatable bonds is 6.